The molecular weight excluding hydrogens is 571 g/mol. The molecule has 2 aromatic rings. The average Bonchev–Trinajstić information content (AvgIpc) is 3.23. The second-order valence-electron chi connectivity index (χ2n) is 8.45. The van der Waals surface area contributed by atoms with Crippen molar-refractivity contribution in [1.29, 1.82) is 0 Å². The monoisotopic (exact) mass is 590 g/mol. The van der Waals surface area contributed by atoms with Crippen LogP contribution in [0.4, 0.5) is 45.2 Å². The van der Waals surface area contributed by atoms with Gasteiger partial charge in [-0.15, -0.1) is 0 Å². The molecule has 1 heterocycles. The first kappa shape index (κ1) is 28.1. The van der Waals surface area contributed by atoms with Crippen LogP contribution in [-0.4, -0.2) is 25.2 Å². The maximum absolute atomic E-state index is 14.4. The number of nitrogens with one attached hydrogen (secondary N) is 1. The zero-order valence-corrected chi connectivity index (χ0v) is 20.2. The molecule has 0 aliphatic carbocycles. The molecule has 1 aliphatic rings. The van der Waals surface area contributed by atoms with Crippen LogP contribution in [0.3, 0.4) is 0 Å². The van der Waals surface area contributed by atoms with Crippen molar-refractivity contribution in [3.63, 3.8) is 0 Å². The predicted octanol–water partition coefficient (Wildman–Crippen LogP) is 7.22. The van der Waals surface area contributed by atoms with E-state index in [4.69, 9.17) is 0 Å². The Morgan fingerprint density at radius 3 is 2.03 bits per heavy atom. The Labute approximate surface area is 208 Å². The molecule has 36 heavy (non-hydrogen) atoms. The number of amides is 1. The predicted molar refractivity (Wildman–Crippen MR) is 117 cm³/mol. The lowest BCUT2D eigenvalue weighted by Crippen LogP contribution is -2.45. The van der Waals surface area contributed by atoms with E-state index in [1.807, 2.05) is 0 Å². The molecule has 0 bridgehead atoms. The zero-order valence-electron chi connectivity index (χ0n) is 18.6. The van der Waals surface area contributed by atoms with E-state index in [0.29, 0.717) is 15.7 Å². The van der Waals surface area contributed by atoms with Gasteiger partial charge in [-0.25, -0.2) is 0 Å². The number of hydrogen-bond donors (Lipinski definition) is 1. The fourth-order valence-corrected chi connectivity index (χ4v) is 4.59. The summed E-state index contributed by atoms with van der Waals surface area (Å²) in [7, 11) is 0. The van der Waals surface area contributed by atoms with Crippen LogP contribution in [0, 0.1) is 0 Å². The third-order valence-electron chi connectivity index (χ3n) is 6.15. The van der Waals surface area contributed by atoms with Gasteiger partial charge in [0.2, 0.25) is 5.91 Å². The number of alkyl halides is 9. The molecular formula is C23H20BrF9N2O. The second-order valence-corrected chi connectivity index (χ2v) is 9.31. The Balaban J connectivity index is 2.01. The number of anilines is 1. The topological polar surface area (TPSA) is 32.3 Å². The molecule has 0 aromatic heterocycles. The molecule has 1 unspecified atom stereocenters. The summed E-state index contributed by atoms with van der Waals surface area (Å²) in [5.74, 6) is -0.209. The maximum atomic E-state index is 14.4. The molecule has 1 saturated heterocycles. The lowest BCUT2D eigenvalue weighted by molar-refractivity contribution is -0.185. The van der Waals surface area contributed by atoms with Gasteiger partial charge < -0.3 is 10.2 Å². The third kappa shape index (κ3) is 5.76. The minimum absolute atomic E-state index is 0.154. The Kier molecular flexibility index (Phi) is 7.65. The minimum Gasteiger partial charge on any atom is -0.370 e. The molecule has 1 aliphatic heterocycles. The largest absolute Gasteiger partial charge is 0.416 e. The van der Waals surface area contributed by atoms with E-state index in [1.54, 1.807) is 13.0 Å². The Bertz CT molecular complexity index is 1100. The smallest absolute Gasteiger partial charge is 0.370 e. The summed E-state index contributed by atoms with van der Waals surface area (Å²) >= 11 is 3.29. The summed E-state index contributed by atoms with van der Waals surface area (Å²) in [5, 5.41) is 2.65. The van der Waals surface area contributed by atoms with Crippen LogP contribution in [0.5, 0.6) is 0 Å². The van der Waals surface area contributed by atoms with E-state index in [2.05, 4.69) is 21.2 Å². The van der Waals surface area contributed by atoms with Crippen LogP contribution < -0.4 is 10.2 Å². The van der Waals surface area contributed by atoms with Crippen molar-refractivity contribution in [3.8, 4) is 0 Å². The summed E-state index contributed by atoms with van der Waals surface area (Å²) < 4.78 is 123. The van der Waals surface area contributed by atoms with Gasteiger partial charge in [0.05, 0.1) is 11.1 Å². The van der Waals surface area contributed by atoms with Crippen LogP contribution >= 0.6 is 15.9 Å². The van der Waals surface area contributed by atoms with Gasteiger partial charge in [-0.2, -0.15) is 39.5 Å². The first-order valence-corrected chi connectivity index (χ1v) is 11.4. The molecule has 1 atom stereocenters. The Morgan fingerprint density at radius 1 is 0.972 bits per heavy atom. The fraction of sp³-hybridized carbons (Fsp3) is 0.435. The summed E-state index contributed by atoms with van der Waals surface area (Å²) in [4.78, 5) is 12.7. The number of halogens is 10. The van der Waals surface area contributed by atoms with Gasteiger partial charge in [0, 0.05) is 36.2 Å². The number of rotatable bonds is 5. The summed E-state index contributed by atoms with van der Waals surface area (Å²) in [5.41, 5.74) is -6.70. The quantitative estimate of drug-likeness (QED) is 0.373. The van der Waals surface area contributed by atoms with Gasteiger partial charge in [0.25, 0.3) is 0 Å². The van der Waals surface area contributed by atoms with Crippen LogP contribution in [-0.2, 0) is 29.1 Å². The Morgan fingerprint density at radius 2 is 1.56 bits per heavy atom. The normalized spacial score (nSPS) is 19.0. The molecule has 1 N–H and O–H groups in total. The van der Waals surface area contributed by atoms with E-state index in [1.165, 1.54) is 17.0 Å². The van der Waals surface area contributed by atoms with Crippen LogP contribution in [0.1, 0.15) is 42.0 Å². The molecule has 0 radical (unpaired) electrons. The number of benzene rings is 2. The maximum Gasteiger partial charge on any atom is 0.416 e. The Hall–Kier alpha value is -2.44. The standard InChI is InChI=1S/C23H20BrF9N2O/c1-2-19(36)34-11-13-3-4-17(10-18(13)24)35-6-5-20(12-35,23(31,32)33)14-7-15(21(25,26)27)9-16(8-14)22(28,29)30/h3-4,7-10H,2,5-6,11-12H2,1H3,(H,34,36). The summed E-state index contributed by atoms with van der Waals surface area (Å²) in [6.45, 7) is 0.698. The van der Waals surface area contributed by atoms with Crippen LogP contribution in [0.25, 0.3) is 0 Å². The van der Waals surface area contributed by atoms with Gasteiger partial charge in [-0.05, 0) is 47.9 Å². The number of hydrogen-bond acceptors (Lipinski definition) is 2. The van der Waals surface area contributed by atoms with Crippen molar-refractivity contribution in [1.82, 2.24) is 5.32 Å². The zero-order chi connectivity index (χ0) is 27.1. The van der Waals surface area contributed by atoms with Gasteiger partial charge in [0.15, 0.2) is 0 Å². The molecule has 0 saturated carbocycles. The van der Waals surface area contributed by atoms with Crippen molar-refractivity contribution in [2.75, 3.05) is 18.0 Å². The molecule has 3 rings (SSSR count). The van der Waals surface area contributed by atoms with Crippen LogP contribution in [0.15, 0.2) is 40.9 Å². The van der Waals surface area contributed by atoms with E-state index in [9.17, 15) is 44.3 Å². The summed E-state index contributed by atoms with van der Waals surface area (Å²) in [6.07, 6.45) is -16.1. The van der Waals surface area contributed by atoms with E-state index >= 15 is 0 Å². The highest BCUT2D eigenvalue weighted by Crippen LogP contribution is 2.50. The van der Waals surface area contributed by atoms with Crippen molar-refractivity contribution in [3.05, 3.63) is 63.1 Å². The van der Waals surface area contributed by atoms with E-state index < -0.39 is 53.6 Å². The van der Waals surface area contributed by atoms with Gasteiger partial charge >= 0.3 is 18.5 Å². The first-order chi connectivity index (χ1) is 16.5. The molecule has 198 valence electrons. The van der Waals surface area contributed by atoms with E-state index in [-0.39, 0.29) is 43.6 Å². The van der Waals surface area contributed by atoms with Crippen molar-refractivity contribution in [2.24, 2.45) is 0 Å². The fourth-order valence-electron chi connectivity index (χ4n) is 4.09. The third-order valence-corrected chi connectivity index (χ3v) is 6.89. The highest BCUT2D eigenvalue weighted by Gasteiger charge is 2.60. The SMILES string of the molecule is CCC(=O)NCc1ccc(N2CCC(c3cc(C(F)(F)F)cc(C(F)(F)F)c3)(C(F)(F)F)C2)cc1Br. The highest BCUT2D eigenvalue weighted by atomic mass is 79.9. The number of carbonyl (C=O) groups is 1. The molecule has 1 amide bonds. The first-order valence-electron chi connectivity index (χ1n) is 10.6. The molecule has 0 spiro atoms. The lowest BCUT2D eigenvalue weighted by atomic mass is 9.77. The van der Waals surface area contributed by atoms with E-state index in [0.717, 1.165) is 0 Å². The van der Waals surface area contributed by atoms with Crippen molar-refractivity contribution < 1.29 is 44.3 Å². The second kappa shape index (κ2) is 9.79. The highest BCUT2D eigenvalue weighted by molar-refractivity contribution is 9.10. The molecule has 13 heteroatoms. The molecule has 1 fully saturated rings. The molecule has 3 nitrogen and oxygen atoms in total. The van der Waals surface area contributed by atoms with Crippen molar-refractivity contribution >= 4 is 27.5 Å². The van der Waals surface area contributed by atoms with Gasteiger partial charge in [-0.1, -0.05) is 28.9 Å². The number of nitrogens with zero attached hydrogens (tertiary/aromatic N) is 1. The van der Waals surface area contributed by atoms with Crippen molar-refractivity contribution in [2.45, 2.75) is 50.3 Å². The van der Waals surface area contributed by atoms with Gasteiger partial charge in [-0.3, -0.25) is 4.79 Å². The van der Waals surface area contributed by atoms with Gasteiger partial charge in [0.1, 0.15) is 5.41 Å². The summed E-state index contributed by atoms with van der Waals surface area (Å²) in [6, 6.07) is 4.66. The minimum atomic E-state index is -5.27. The average molecular weight is 591 g/mol. The lowest BCUT2D eigenvalue weighted by Gasteiger charge is -2.33. The molecule has 2 aromatic carbocycles. The van der Waals surface area contributed by atoms with Crippen LogP contribution in [0.2, 0.25) is 0 Å². The number of carbonyl (C=O) groups excluding carboxylic acids is 1.